The Kier molecular flexibility index (Phi) is 6.80. The first-order valence-electron chi connectivity index (χ1n) is 12.5. The summed E-state index contributed by atoms with van der Waals surface area (Å²) in [5.74, 6) is -0.630. The highest BCUT2D eigenvalue weighted by atomic mass is 32.7. The van der Waals surface area contributed by atoms with Crippen LogP contribution >= 0.6 is 25.8 Å². The second-order valence-corrected chi connectivity index (χ2v) is 15.9. The lowest BCUT2D eigenvalue weighted by Crippen LogP contribution is -2.39. The minimum absolute atomic E-state index is 0.00567. The van der Waals surface area contributed by atoms with Crippen LogP contribution in [0, 0.1) is 5.92 Å². The zero-order valence-electron chi connectivity index (χ0n) is 21.0. The number of nitrogens with zero attached hydrogens (tertiary/aromatic N) is 5. The number of hydrogen-bond acceptors (Lipinski definition) is 15. The number of hydrogen-bond donors (Lipinski definition) is 6. The van der Waals surface area contributed by atoms with Gasteiger partial charge in [0.05, 0.1) is 19.0 Å². The number of imidazole rings is 1. The standard InChI is InChI=1S/C20H23FN8O9P2S2/c21-10-8(26-9-1-2-23-5-24-9)3-7-4-34-39(32,41)38-15-18(29-6-25-11-16(29)27-19(22)28-17(11)30)35-13-14(20(13,15)31)37-40(33,42)36-12(7)10/h1-2,5-8,10,12-15,18,31H,3-4H2,(H,32,41)(H,33,42)(H,23,24,26)(H3,22,27,28,30)/t7-,8-,10-,12-,13-,14+,15+,18-,20+,39?,40?/m1/s1. The zero-order valence-corrected chi connectivity index (χ0v) is 24.5. The first-order valence-corrected chi connectivity index (χ1v) is 17.8. The van der Waals surface area contributed by atoms with Gasteiger partial charge in [-0.25, -0.2) is 23.9 Å². The van der Waals surface area contributed by atoms with Gasteiger partial charge in [-0.15, -0.1) is 0 Å². The molecule has 5 heterocycles. The molecule has 0 bridgehead atoms. The third kappa shape index (κ3) is 4.78. The van der Waals surface area contributed by atoms with E-state index in [1.165, 1.54) is 23.4 Å². The predicted octanol–water partition coefficient (Wildman–Crippen LogP) is 0.413. The van der Waals surface area contributed by atoms with Gasteiger partial charge in [0.25, 0.3) is 5.56 Å². The molecular weight excluding hydrogens is 641 g/mol. The summed E-state index contributed by atoms with van der Waals surface area (Å²) in [5.41, 5.74) is 2.95. The van der Waals surface area contributed by atoms with E-state index in [4.69, 9.17) is 40.4 Å². The molecule has 0 spiro atoms. The highest BCUT2D eigenvalue weighted by molar-refractivity contribution is 8.44. The van der Waals surface area contributed by atoms with E-state index in [0.717, 1.165) is 0 Å². The molecule has 11 atom stereocenters. The molecule has 3 aromatic heterocycles. The molecule has 3 aromatic rings. The number of aromatic nitrogens is 6. The van der Waals surface area contributed by atoms with Gasteiger partial charge in [-0.2, -0.15) is 4.98 Å². The largest absolute Gasteiger partial charge is 0.386 e. The van der Waals surface area contributed by atoms with Crippen LogP contribution in [0.4, 0.5) is 16.2 Å². The van der Waals surface area contributed by atoms with E-state index in [0.29, 0.717) is 5.82 Å². The van der Waals surface area contributed by atoms with Crippen molar-refractivity contribution in [2.75, 3.05) is 17.7 Å². The summed E-state index contributed by atoms with van der Waals surface area (Å²) in [6, 6.07) is 0.701. The molecule has 6 N–H and O–H groups in total. The Hall–Kier alpha value is -2.09. The van der Waals surface area contributed by atoms with Gasteiger partial charge in [-0.05, 0) is 24.3 Å². The maximum atomic E-state index is 15.7. The van der Waals surface area contributed by atoms with Crippen LogP contribution in [-0.4, -0.2) is 88.3 Å². The molecule has 2 saturated heterocycles. The zero-order chi connectivity index (χ0) is 29.6. The van der Waals surface area contributed by atoms with E-state index in [9.17, 15) is 19.4 Å². The van der Waals surface area contributed by atoms with Crippen LogP contribution < -0.4 is 16.6 Å². The lowest BCUT2D eigenvalue weighted by atomic mass is 10.1. The monoisotopic (exact) mass is 664 g/mol. The first-order chi connectivity index (χ1) is 19.9. The number of aromatic amines is 1. The van der Waals surface area contributed by atoms with Gasteiger partial charge in [0.15, 0.2) is 23.0 Å². The summed E-state index contributed by atoms with van der Waals surface area (Å²) in [4.78, 5) is 41.6. The number of alkyl halides is 1. The fourth-order valence-electron chi connectivity index (χ4n) is 5.68. The molecule has 0 aromatic carbocycles. The van der Waals surface area contributed by atoms with Gasteiger partial charge in [-0.1, -0.05) is 12.2 Å². The number of nitrogens with two attached hydrogens (primary N) is 1. The molecule has 2 aliphatic heterocycles. The Balaban J connectivity index is 1.20. The van der Waals surface area contributed by atoms with Crippen molar-refractivity contribution in [1.29, 1.82) is 0 Å². The van der Waals surface area contributed by atoms with Gasteiger partial charge >= 0.3 is 13.5 Å². The molecule has 7 rings (SSSR count). The van der Waals surface area contributed by atoms with Gasteiger partial charge in [-0.3, -0.25) is 23.4 Å². The van der Waals surface area contributed by atoms with Crippen molar-refractivity contribution in [3.63, 3.8) is 0 Å². The van der Waals surface area contributed by atoms with E-state index in [-0.39, 0.29) is 30.1 Å². The highest BCUT2D eigenvalue weighted by Crippen LogP contribution is 2.67. The van der Waals surface area contributed by atoms with Gasteiger partial charge in [0.1, 0.15) is 42.7 Å². The molecule has 0 amide bonds. The molecule has 2 aliphatic carbocycles. The summed E-state index contributed by atoms with van der Waals surface area (Å²) >= 11 is 9.30. The molecule has 42 heavy (non-hydrogen) atoms. The summed E-state index contributed by atoms with van der Waals surface area (Å²) in [5, 5.41) is 14.5. The molecule has 2 saturated carbocycles. The number of aliphatic hydroxyl groups is 1. The van der Waals surface area contributed by atoms with Crippen LogP contribution in [0.2, 0.25) is 0 Å². The van der Waals surface area contributed by atoms with Crippen LogP contribution in [0.15, 0.2) is 29.7 Å². The molecule has 17 nitrogen and oxygen atoms in total. The molecule has 4 fully saturated rings. The second kappa shape index (κ2) is 9.97. The van der Waals surface area contributed by atoms with E-state index < -0.39 is 73.5 Å². The van der Waals surface area contributed by atoms with Crippen molar-refractivity contribution in [1.82, 2.24) is 29.5 Å². The summed E-state index contributed by atoms with van der Waals surface area (Å²) in [7, 11) is 0. The maximum absolute atomic E-state index is 15.7. The first kappa shape index (κ1) is 28.7. The second-order valence-electron chi connectivity index (χ2n) is 10.3. The molecule has 226 valence electrons. The number of halogens is 1. The number of ether oxygens (including phenoxy) is 1. The Bertz CT molecular complexity index is 1700. The van der Waals surface area contributed by atoms with Gasteiger partial charge in [0, 0.05) is 12.1 Å². The normalized spacial score (nSPS) is 43.2. The lowest BCUT2D eigenvalue weighted by molar-refractivity contribution is -0.0875. The third-order valence-electron chi connectivity index (χ3n) is 7.64. The number of H-pyrrole nitrogens is 1. The van der Waals surface area contributed by atoms with Crippen molar-refractivity contribution in [3.05, 3.63) is 35.3 Å². The average molecular weight is 665 g/mol. The molecule has 4 aliphatic rings. The van der Waals surface area contributed by atoms with Crippen LogP contribution in [-0.2, 0) is 39.2 Å². The molecule has 0 radical (unpaired) electrons. The topological polar surface area (TPSA) is 231 Å². The minimum atomic E-state index is -4.29. The van der Waals surface area contributed by atoms with Crippen molar-refractivity contribution in [3.8, 4) is 0 Å². The highest BCUT2D eigenvalue weighted by Gasteiger charge is 2.80. The minimum Gasteiger partial charge on any atom is -0.381 e. The number of nitrogens with one attached hydrogen (secondary N) is 2. The third-order valence-corrected chi connectivity index (χ3v) is 10.8. The van der Waals surface area contributed by atoms with E-state index in [1.54, 1.807) is 6.07 Å². The number of rotatable bonds is 3. The molecule has 2 unspecified atom stereocenters. The lowest BCUT2D eigenvalue weighted by Gasteiger charge is -2.32. The number of nitrogen functional groups attached to an aromatic ring is 1. The van der Waals surface area contributed by atoms with E-state index in [2.05, 4.69) is 42.5 Å². The predicted molar refractivity (Wildman–Crippen MR) is 148 cm³/mol. The number of anilines is 2. The Labute approximate surface area is 245 Å². The summed E-state index contributed by atoms with van der Waals surface area (Å²) in [6.07, 6.45) is -4.24. The number of fused-ring (bicyclic) bond motifs is 3. The average Bonchev–Trinajstić information content (AvgIpc) is 3.24. The SMILES string of the molecule is Nc1nc2c(ncn2[C@@H]2O[C@@H]3[C@@H]4OP(O)(=S)O[C@@H]5[C@@H](COP(=O)(S)O[C@@H]2[C@]34O)C[C@@H](Nc2ccncn2)[C@H]5F)c(=O)[nH]1. The Morgan fingerprint density at radius 2 is 2.10 bits per heavy atom. The van der Waals surface area contributed by atoms with E-state index in [1.807, 2.05) is 0 Å². The van der Waals surface area contributed by atoms with Crippen molar-refractivity contribution in [2.24, 2.45) is 5.92 Å². The van der Waals surface area contributed by atoms with Crippen molar-refractivity contribution >= 4 is 60.5 Å². The fourth-order valence-corrected chi connectivity index (χ4v) is 8.97. The van der Waals surface area contributed by atoms with Gasteiger partial charge < -0.3 is 34.8 Å². The maximum Gasteiger partial charge on any atom is 0.386 e. The quantitative estimate of drug-likeness (QED) is 0.164. The number of thiol groups is 1. The molecule has 22 heteroatoms. The van der Waals surface area contributed by atoms with E-state index >= 15 is 4.39 Å². The van der Waals surface area contributed by atoms with Crippen LogP contribution in [0.1, 0.15) is 12.6 Å². The summed E-state index contributed by atoms with van der Waals surface area (Å²) < 4.78 is 58.9. The smallest absolute Gasteiger partial charge is 0.381 e. The van der Waals surface area contributed by atoms with Crippen molar-refractivity contribution in [2.45, 2.75) is 54.9 Å². The van der Waals surface area contributed by atoms with Crippen LogP contribution in [0.5, 0.6) is 0 Å². The Morgan fingerprint density at radius 1 is 1.29 bits per heavy atom. The summed E-state index contributed by atoms with van der Waals surface area (Å²) in [6.45, 7) is -8.87. The van der Waals surface area contributed by atoms with Crippen LogP contribution in [0.25, 0.3) is 11.2 Å². The van der Waals surface area contributed by atoms with Gasteiger partial charge in [0.2, 0.25) is 5.95 Å². The Morgan fingerprint density at radius 3 is 2.86 bits per heavy atom. The van der Waals surface area contributed by atoms with Crippen molar-refractivity contribution < 1.29 is 41.8 Å². The van der Waals surface area contributed by atoms with Crippen LogP contribution in [0.3, 0.4) is 0 Å². The molecular formula is C20H23FN8O9P2S2. The fraction of sp³-hybridized carbons (Fsp3) is 0.550.